The number of rotatable bonds is 13. The topological polar surface area (TPSA) is 168 Å². The molecule has 0 saturated carbocycles. The number of carbonyl (C=O) groups excluding carboxylic acids is 4. The lowest BCUT2D eigenvalue weighted by Gasteiger charge is -2.29. The highest BCUT2D eigenvalue weighted by atomic mass is 31.2. The highest BCUT2D eigenvalue weighted by Crippen LogP contribution is 2.44. The van der Waals surface area contributed by atoms with Crippen LogP contribution in [0.2, 0.25) is 0 Å². The number of aryl methyl sites for hydroxylation is 1. The second-order valence-corrected chi connectivity index (χ2v) is 14.7. The van der Waals surface area contributed by atoms with E-state index < -0.39 is 68.2 Å². The minimum absolute atomic E-state index is 0.00155. The highest BCUT2D eigenvalue weighted by Gasteiger charge is 2.45. The average Bonchev–Trinajstić information content (AvgIpc) is 3.49. The zero-order valence-electron chi connectivity index (χ0n) is 27.5. The molecule has 0 spiro atoms. The minimum atomic E-state index is -3.79. The molecule has 3 amide bonds. The summed E-state index contributed by atoms with van der Waals surface area (Å²) in [6.07, 6.45) is -0.775. The molecule has 0 aliphatic carbocycles. The SMILES string of the molecule is O=C(O)C[C@H](NC(=O)[C@@H]1Cc2cccc3c2N1C(=O)[C@@H](NC(=O)OCc1ccccc1)CC3)C(=O)COP(=O)(c1ccccc1)c1ccccc1. The van der Waals surface area contributed by atoms with Crippen molar-refractivity contribution < 1.29 is 42.9 Å². The Morgan fingerprint density at radius 1 is 0.843 bits per heavy atom. The molecule has 262 valence electrons. The Balaban J connectivity index is 1.19. The number of carboxylic acid groups (broad SMARTS) is 1. The number of aliphatic carboxylic acids is 1. The summed E-state index contributed by atoms with van der Waals surface area (Å²) >= 11 is 0. The number of amides is 3. The number of ether oxygens (including phenoxy) is 1. The molecule has 2 heterocycles. The second kappa shape index (κ2) is 15.5. The minimum Gasteiger partial charge on any atom is -0.481 e. The van der Waals surface area contributed by atoms with Gasteiger partial charge in [0.15, 0.2) is 5.78 Å². The van der Waals surface area contributed by atoms with Gasteiger partial charge < -0.3 is 25.0 Å². The van der Waals surface area contributed by atoms with Crippen LogP contribution in [0.5, 0.6) is 0 Å². The van der Waals surface area contributed by atoms with Crippen LogP contribution >= 0.6 is 7.37 Å². The molecule has 0 saturated heterocycles. The molecule has 3 N–H and O–H groups in total. The molecule has 12 nitrogen and oxygen atoms in total. The van der Waals surface area contributed by atoms with E-state index in [1.165, 1.54) is 4.90 Å². The van der Waals surface area contributed by atoms with Gasteiger partial charge in [0.2, 0.25) is 11.8 Å². The molecule has 4 aromatic carbocycles. The molecule has 2 aliphatic rings. The van der Waals surface area contributed by atoms with Crippen LogP contribution in [-0.4, -0.2) is 59.5 Å². The number of hydrogen-bond donors (Lipinski definition) is 3. The molecule has 13 heteroatoms. The Kier molecular flexibility index (Phi) is 10.7. The van der Waals surface area contributed by atoms with Crippen molar-refractivity contribution in [2.45, 2.75) is 50.4 Å². The molecule has 6 rings (SSSR count). The van der Waals surface area contributed by atoms with Crippen LogP contribution in [0, 0.1) is 0 Å². The predicted octanol–water partition coefficient (Wildman–Crippen LogP) is 3.66. The molecule has 0 unspecified atom stereocenters. The van der Waals surface area contributed by atoms with Crippen molar-refractivity contribution >= 4 is 53.3 Å². The lowest BCUT2D eigenvalue weighted by Crippen LogP contribution is -2.56. The van der Waals surface area contributed by atoms with E-state index in [2.05, 4.69) is 10.6 Å². The van der Waals surface area contributed by atoms with Gasteiger partial charge in [-0.25, -0.2) is 4.79 Å². The monoisotopic (exact) mass is 709 g/mol. The number of alkyl carbamates (subject to hydrolysis) is 1. The number of carboxylic acids is 1. The molecular formula is C38H36N3O9P. The van der Waals surface area contributed by atoms with E-state index in [0.717, 1.165) is 16.7 Å². The Morgan fingerprint density at radius 3 is 2.08 bits per heavy atom. The summed E-state index contributed by atoms with van der Waals surface area (Å²) in [5.41, 5.74) is 2.86. The summed E-state index contributed by atoms with van der Waals surface area (Å²) in [7, 11) is -3.79. The third-order valence-corrected chi connectivity index (χ3v) is 11.3. The first-order valence-corrected chi connectivity index (χ1v) is 18.1. The molecule has 0 bridgehead atoms. The molecule has 0 aromatic heterocycles. The van der Waals surface area contributed by atoms with Crippen molar-refractivity contribution in [1.82, 2.24) is 10.6 Å². The summed E-state index contributed by atoms with van der Waals surface area (Å²) in [5, 5.41) is 15.5. The third kappa shape index (κ3) is 7.93. The van der Waals surface area contributed by atoms with Crippen LogP contribution < -0.4 is 26.1 Å². The summed E-state index contributed by atoms with van der Waals surface area (Å²) in [6, 6.07) is 27.5. The number of carbonyl (C=O) groups is 5. The molecule has 2 aliphatic heterocycles. The zero-order valence-corrected chi connectivity index (χ0v) is 28.4. The third-order valence-electron chi connectivity index (χ3n) is 8.88. The van der Waals surface area contributed by atoms with Crippen molar-refractivity contribution in [1.29, 1.82) is 0 Å². The number of nitrogens with one attached hydrogen (secondary N) is 2. The fourth-order valence-electron chi connectivity index (χ4n) is 6.37. The summed E-state index contributed by atoms with van der Waals surface area (Å²) in [4.78, 5) is 67.5. The quantitative estimate of drug-likeness (QED) is 0.176. The average molecular weight is 710 g/mol. The van der Waals surface area contributed by atoms with Gasteiger partial charge in [-0.3, -0.25) is 28.6 Å². The van der Waals surface area contributed by atoms with Crippen molar-refractivity contribution in [2.75, 3.05) is 11.5 Å². The van der Waals surface area contributed by atoms with Crippen molar-refractivity contribution in [3.05, 3.63) is 126 Å². The van der Waals surface area contributed by atoms with E-state index in [1.54, 1.807) is 78.9 Å². The molecule has 0 fully saturated rings. The molecule has 4 aromatic rings. The lowest BCUT2D eigenvalue weighted by atomic mass is 10.0. The molecular weight excluding hydrogens is 673 g/mol. The van der Waals surface area contributed by atoms with Crippen LogP contribution in [0.25, 0.3) is 0 Å². The summed E-state index contributed by atoms with van der Waals surface area (Å²) in [5.74, 6) is -3.46. The number of anilines is 1. The fraction of sp³-hybridized carbons (Fsp3) is 0.237. The number of benzene rings is 4. The van der Waals surface area contributed by atoms with E-state index in [1.807, 2.05) is 30.3 Å². The van der Waals surface area contributed by atoms with Gasteiger partial charge in [-0.2, -0.15) is 0 Å². The Morgan fingerprint density at radius 2 is 1.45 bits per heavy atom. The Bertz CT molecular complexity index is 1930. The van der Waals surface area contributed by atoms with Gasteiger partial charge in [-0.1, -0.05) is 84.9 Å². The number of Topliss-reactive ketones (excluding diaryl/α,β-unsaturated/α-hetero) is 1. The number of hydrogen-bond acceptors (Lipinski definition) is 8. The van der Waals surface area contributed by atoms with Crippen LogP contribution in [0.3, 0.4) is 0 Å². The van der Waals surface area contributed by atoms with Gasteiger partial charge in [0.05, 0.1) is 12.1 Å². The van der Waals surface area contributed by atoms with Crippen molar-refractivity contribution in [3.63, 3.8) is 0 Å². The van der Waals surface area contributed by atoms with Gasteiger partial charge in [-0.05, 0) is 53.8 Å². The number of nitrogens with zero attached hydrogens (tertiary/aromatic N) is 1. The molecule has 0 radical (unpaired) electrons. The van der Waals surface area contributed by atoms with Crippen LogP contribution in [0.4, 0.5) is 10.5 Å². The maximum Gasteiger partial charge on any atom is 0.408 e. The van der Waals surface area contributed by atoms with Gasteiger partial charge in [-0.15, -0.1) is 0 Å². The fourth-order valence-corrected chi connectivity index (χ4v) is 8.41. The Labute approximate surface area is 294 Å². The van der Waals surface area contributed by atoms with E-state index >= 15 is 0 Å². The van der Waals surface area contributed by atoms with Crippen molar-refractivity contribution in [3.8, 4) is 0 Å². The van der Waals surface area contributed by atoms with Gasteiger partial charge >= 0.3 is 12.1 Å². The van der Waals surface area contributed by atoms with Gasteiger partial charge in [0.1, 0.15) is 31.3 Å². The molecule has 51 heavy (non-hydrogen) atoms. The van der Waals surface area contributed by atoms with E-state index in [4.69, 9.17) is 9.26 Å². The smallest absolute Gasteiger partial charge is 0.408 e. The normalized spacial score (nSPS) is 17.1. The summed E-state index contributed by atoms with van der Waals surface area (Å²) in [6.45, 7) is -0.754. The van der Waals surface area contributed by atoms with Crippen LogP contribution in [0.15, 0.2) is 109 Å². The van der Waals surface area contributed by atoms with E-state index in [9.17, 15) is 33.6 Å². The van der Waals surface area contributed by atoms with Crippen LogP contribution in [0.1, 0.15) is 29.5 Å². The standard InChI is InChI=1S/C38H36N3O9P/c42-33(24-50-51(48,28-15-6-2-7-16-28)29-17-8-3-9-18-29)31(22-34(43)44)39-36(45)32-21-27-14-10-13-26-19-20-30(37(46)41(32)35(26)27)40-38(47)49-23-25-11-4-1-5-12-25/h1-18,30-32H,19-24H2,(H,39,45)(H,40,47)(H,43,44)/t30-,31-,32-/m0/s1. The number of ketones is 1. The first-order valence-electron chi connectivity index (χ1n) is 16.5. The van der Waals surface area contributed by atoms with Gasteiger partial charge in [0.25, 0.3) is 7.37 Å². The zero-order chi connectivity index (χ0) is 36.0. The maximum atomic E-state index is 14.3. The predicted molar refractivity (Wildman–Crippen MR) is 188 cm³/mol. The highest BCUT2D eigenvalue weighted by molar-refractivity contribution is 7.74. The summed E-state index contributed by atoms with van der Waals surface area (Å²) < 4.78 is 25.4. The van der Waals surface area contributed by atoms with E-state index in [0.29, 0.717) is 22.7 Å². The van der Waals surface area contributed by atoms with Crippen molar-refractivity contribution in [2.24, 2.45) is 0 Å². The van der Waals surface area contributed by atoms with Gasteiger partial charge in [0, 0.05) is 17.0 Å². The first kappa shape index (κ1) is 35.3. The number of para-hydroxylation sites is 1. The maximum absolute atomic E-state index is 14.3. The van der Waals surface area contributed by atoms with E-state index in [-0.39, 0.29) is 19.4 Å². The first-order chi connectivity index (χ1) is 24.6. The Hall–Kier alpha value is -5.58. The second-order valence-electron chi connectivity index (χ2n) is 12.3. The largest absolute Gasteiger partial charge is 0.481 e. The molecule has 3 atom stereocenters. The van der Waals surface area contributed by atoms with Crippen LogP contribution in [-0.2, 0) is 52.5 Å². The lowest BCUT2D eigenvalue weighted by molar-refractivity contribution is -0.140.